The smallest absolute Gasteiger partial charge is 0.306 e. The first-order valence-electron chi connectivity index (χ1n) is 14.4. The lowest BCUT2D eigenvalue weighted by Crippen LogP contribution is -2.45. The molecule has 0 aromatic carbocycles. The van der Waals surface area contributed by atoms with Gasteiger partial charge in [0.25, 0.3) is 0 Å². The topological polar surface area (TPSA) is 134 Å². The zero-order chi connectivity index (χ0) is 28.6. The van der Waals surface area contributed by atoms with Gasteiger partial charge >= 0.3 is 17.9 Å². The number of ether oxygens (including phenoxy) is 4. The molecule has 0 radical (unpaired) electrons. The van der Waals surface area contributed by atoms with E-state index in [9.17, 15) is 19.2 Å². The summed E-state index contributed by atoms with van der Waals surface area (Å²) in [6.45, 7) is 5.97. The van der Waals surface area contributed by atoms with E-state index in [1.807, 2.05) is 20.8 Å². The van der Waals surface area contributed by atoms with Crippen LogP contribution in [0.4, 0.5) is 0 Å². The highest BCUT2D eigenvalue weighted by atomic mass is 16.7. The van der Waals surface area contributed by atoms with E-state index in [1.54, 1.807) is 23.4 Å². The molecule has 1 fully saturated rings. The molecule has 10 heteroatoms. The SMILES string of the molecule is CCCCCC(=O)OC[C@H]1O[C@@H](N2C=CCC(C(N)=O)=C2)[C@H](OC(=O)CCCCC)[C@@H]1OC(=O)CCCCC. The summed E-state index contributed by atoms with van der Waals surface area (Å²) in [5.41, 5.74) is 5.85. The lowest BCUT2D eigenvalue weighted by molar-refractivity contribution is -0.169. The van der Waals surface area contributed by atoms with Crippen molar-refractivity contribution in [1.29, 1.82) is 0 Å². The van der Waals surface area contributed by atoms with Crippen molar-refractivity contribution >= 4 is 23.8 Å². The van der Waals surface area contributed by atoms with Gasteiger partial charge in [0.1, 0.15) is 12.7 Å². The largest absolute Gasteiger partial charge is 0.463 e. The minimum absolute atomic E-state index is 0.164. The van der Waals surface area contributed by atoms with Gasteiger partial charge in [0, 0.05) is 37.2 Å². The van der Waals surface area contributed by atoms with E-state index in [4.69, 9.17) is 24.7 Å². The number of nitrogens with zero attached hydrogens (tertiary/aromatic N) is 1. The van der Waals surface area contributed by atoms with Gasteiger partial charge in [-0.15, -0.1) is 0 Å². The number of carbonyl (C=O) groups excluding carboxylic acids is 4. The summed E-state index contributed by atoms with van der Waals surface area (Å²) in [4.78, 5) is 51.3. The quantitative estimate of drug-likeness (QED) is 0.150. The number of allylic oxidation sites excluding steroid dienone is 1. The Morgan fingerprint density at radius 1 is 0.846 bits per heavy atom. The summed E-state index contributed by atoms with van der Waals surface area (Å²) in [5, 5.41) is 0. The van der Waals surface area contributed by atoms with Crippen LogP contribution in [0.5, 0.6) is 0 Å². The van der Waals surface area contributed by atoms with Crippen LogP contribution in [-0.4, -0.2) is 59.9 Å². The molecule has 2 aliphatic heterocycles. The Kier molecular flexibility index (Phi) is 14.6. The van der Waals surface area contributed by atoms with E-state index >= 15 is 0 Å². The van der Waals surface area contributed by atoms with Crippen LogP contribution in [0.3, 0.4) is 0 Å². The molecule has 0 saturated carbocycles. The van der Waals surface area contributed by atoms with E-state index in [1.165, 1.54) is 0 Å². The number of unbranched alkanes of at least 4 members (excludes halogenated alkanes) is 6. The lowest BCUT2D eigenvalue weighted by Gasteiger charge is -2.31. The zero-order valence-corrected chi connectivity index (χ0v) is 23.7. The molecule has 0 bridgehead atoms. The highest BCUT2D eigenvalue weighted by Gasteiger charge is 2.52. The van der Waals surface area contributed by atoms with Crippen LogP contribution in [0.2, 0.25) is 0 Å². The minimum atomic E-state index is -1.01. The second-order valence-electron chi connectivity index (χ2n) is 10.1. The van der Waals surface area contributed by atoms with E-state index in [-0.39, 0.29) is 31.8 Å². The predicted molar refractivity (Wildman–Crippen MR) is 145 cm³/mol. The van der Waals surface area contributed by atoms with Gasteiger partial charge in [0.05, 0.1) is 0 Å². The first-order valence-corrected chi connectivity index (χ1v) is 14.4. The minimum Gasteiger partial charge on any atom is -0.463 e. The third-order valence-electron chi connectivity index (χ3n) is 6.71. The van der Waals surface area contributed by atoms with E-state index in [2.05, 4.69) is 0 Å². The van der Waals surface area contributed by atoms with Crippen LogP contribution >= 0.6 is 0 Å². The summed E-state index contributed by atoms with van der Waals surface area (Å²) in [5.74, 6) is -1.82. The second-order valence-corrected chi connectivity index (χ2v) is 10.1. The van der Waals surface area contributed by atoms with Crippen LogP contribution in [0.25, 0.3) is 0 Å². The number of carbonyl (C=O) groups is 4. The molecule has 0 spiro atoms. The Balaban J connectivity index is 2.28. The fraction of sp³-hybridized carbons (Fsp3) is 0.724. The summed E-state index contributed by atoms with van der Waals surface area (Å²) >= 11 is 0. The molecule has 1 saturated heterocycles. The first-order chi connectivity index (χ1) is 18.8. The molecule has 0 aromatic rings. The number of primary amides is 1. The van der Waals surface area contributed by atoms with Gasteiger partial charge in [-0.2, -0.15) is 0 Å². The molecular weight excluding hydrogens is 504 g/mol. The molecule has 39 heavy (non-hydrogen) atoms. The molecule has 2 aliphatic rings. The Labute approximate surface area is 232 Å². The third kappa shape index (κ3) is 11.0. The van der Waals surface area contributed by atoms with Gasteiger partial charge in [0.15, 0.2) is 18.4 Å². The first kappa shape index (κ1) is 32.3. The van der Waals surface area contributed by atoms with Crippen molar-refractivity contribution in [3.8, 4) is 0 Å². The van der Waals surface area contributed by atoms with Crippen LogP contribution in [0.15, 0.2) is 24.0 Å². The van der Waals surface area contributed by atoms with Crippen LogP contribution in [-0.2, 0) is 38.1 Å². The molecule has 4 atom stereocenters. The number of hydrogen-bond acceptors (Lipinski definition) is 9. The molecule has 2 rings (SSSR count). The van der Waals surface area contributed by atoms with Crippen LogP contribution in [0.1, 0.15) is 104 Å². The van der Waals surface area contributed by atoms with Gasteiger partial charge in [-0.3, -0.25) is 19.2 Å². The number of esters is 3. The molecular formula is C29H46N2O8. The Hall–Kier alpha value is -2.88. The highest BCUT2D eigenvalue weighted by molar-refractivity contribution is 5.92. The normalized spacial score (nSPS) is 22.3. The van der Waals surface area contributed by atoms with Crippen molar-refractivity contribution in [3.63, 3.8) is 0 Å². The third-order valence-corrected chi connectivity index (χ3v) is 6.71. The van der Waals surface area contributed by atoms with E-state index in [0.717, 1.165) is 44.9 Å². The molecule has 0 aliphatic carbocycles. The standard InChI is InChI=1S/C29H46N2O8/c1-4-7-10-15-23(32)36-20-22-26(38-24(33)16-11-8-5-2)27(39-25(34)17-12-9-6-3)29(37-22)31-18-13-14-21(19-31)28(30)35/h13,18-19,22,26-27,29H,4-12,14-17,20H2,1-3H3,(H2,30,35)/t22-,26-,27-,29-/m1/s1. The average Bonchev–Trinajstić information content (AvgIpc) is 3.24. The average molecular weight is 551 g/mol. The van der Waals surface area contributed by atoms with Crippen molar-refractivity contribution < 1.29 is 38.1 Å². The van der Waals surface area contributed by atoms with Crippen molar-refractivity contribution in [1.82, 2.24) is 4.90 Å². The van der Waals surface area contributed by atoms with Gasteiger partial charge in [0.2, 0.25) is 5.91 Å². The molecule has 0 unspecified atom stereocenters. The summed E-state index contributed by atoms with van der Waals surface area (Å²) in [6.07, 6.45) is 9.89. The van der Waals surface area contributed by atoms with Gasteiger partial charge in [-0.25, -0.2) is 0 Å². The monoisotopic (exact) mass is 550 g/mol. The fourth-order valence-electron chi connectivity index (χ4n) is 4.48. The maximum atomic E-state index is 12.8. The van der Waals surface area contributed by atoms with Gasteiger partial charge in [-0.05, 0) is 25.7 Å². The van der Waals surface area contributed by atoms with Gasteiger partial charge < -0.3 is 29.6 Å². The molecule has 2 N–H and O–H groups in total. The highest BCUT2D eigenvalue weighted by Crippen LogP contribution is 2.32. The van der Waals surface area contributed by atoms with Crippen LogP contribution < -0.4 is 5.73 Å². The predicted octanol–water partition coefficient (Wildman–Crippen LogP) is 4.41. The van der Waals surface area contributed by atoms with Crippen molar-refractivity contribution in [2.75, 3.05) is 6.61 Å². The zero-order valence-electron chi connectivity index (χ0n) is 23.7. The molecule has 10 nitrogen and oxygen atoms in total. The van der Waals surface area contributed by atoms with Crippen LogP contribution in [0, 0.1) is 0 Å². The lowest BCUT2D eigenvalue weighted by atomic mass is 10.1. The number of rotatable bonds is 18. The summed E-state index contributed by atoms with van der Waals surface area (Å²) in [7, 11) is 0. The van der Waals surface area contributed by atoms with Gasteiger partial charge in [-0.1, -0.05) is 65.4 Å². The Morgan fingerprint density at radius 3 is 1.92 bits per heavy atom. The summed E-state index contributed by atoms with van der Waals surface area (Å²) in [6, 6.07) is 0. The maximum Gasteiger partial charge on any atom is 0.306 e. The molecule has 2 heterocycles. The maximum absolute atomic E-state index is 12.8. The number of nitrogens with two attached hydrogens (primary N) is 1. The summed E-state index contributed by atoms with van der Waals surface area (Å²) < 4.78 is 23.4. The van der Waals surface area contributed by atoms with E-state index < -0.39 is 42.4 Å². The Bertz CT molecular complexity index is 871. The number of hydrogen-bond donors (Lipinski definition) is 1. The molecule has 0 aromatic heterocycles. The molecule has 1 amide bonds. The molecule has 220 valence electrons. The number of amides is 1. The Morgan fingerprint density at radius 2 is 1.38 bits per heavy atom. The van der Waals surface area contributed by atoms with Crippen molar-refractivity contribution in [2.45, 2.75) is 129 Å². The van der Waals surface area contributed by atoms with Crippen molar-refractivity contribution in [3.05, 3.63) is 24.0 Å². The fourth-order valence-corrected chi connectivity index (χ4v) is 4.48. The van der Waals surface area contributed by atoms with Crippen molar-refractivity contribution in [2.24, 2.45) is 5.73 Å². The van der Waals surface area contributed by atoms with E-state index in [0.29, 0.717) is 24.8 Å². The second kappa shape index (κ2) is 17.7.